The van der Waals surface area contributed by atoms with Crippen LogP contribution in [0.15, 0.2) is 12.5 Å². The minimum Gasteiger partial charge on any atom is -0.337 e. The van der Waals surface area contributed by atoms with Gasteiger partial charge in [0.25, 0.3) is 0 Å². The van der Waals surface area contributed by atoms with Gasteiger partial charge in [0, 0.05) is 19.3 Å². The quantitative estimate of drug-likeness (QED) is 0.911. The topological polar surface area (TPSA) is 47.1 Å². The van der Waals surface area contributed by atoms with Crippen LogP contribution in [-0.4, -0.2) is 34.6 Å². The van der Waals surface area contributed by atoms with Gasteiger partial charge in [-0.2, -0.15) is 0 Å². The van der Waals surface area contributed by atoms with Crippen LogP contribution in [0.25, 0.3) is 0 Å². The second-order valence-electron chi connectivity index (χ2n) is 5.68. The monoisotopic (exact) mass is 272 g/mol. The first kappa shape index (κ1) is 15.5. The summed E-state index contributed by atoms with van der Waals surface area (Å²) >= 11 is 0. The van der Waals surface area contributed by atoms with Crippen LogP contribution in [0.3, 0.4) is 0 Å². The van der Waals surface area contributed by atoms with Crippen LogP contribution >= 0.6 is 12.4 Å². The molecule has 1 saturated heterocycles. The molecular weight excluding hydrogens is 248 g/mol. The van der Waals surface area contributed by atoms with Crippen molar-refractivity contribution in [2.75, 3.05) is 20.1 Å². The molecular formula is C13H25ClN4. The van der Waals surface area contributed by atoms with E-state index in [2.05, 4.69) is 41.5 Å². The molecule has 1 aliphatic heterocycles. The van der Waals surface area contributed by atoms with Crippen LogP contribution in [0, 0.1) is 11.8 Å². The molecule has 18 heavy (non-hydrogen) atoms. The molecule has 0 amide bonds. The van der Waals surface area contributed by atoms with Crippen molar-refractivity contribution in [1.82, 2.24) is 14.5 Å². The Labute approximate surface area is 116 Å². The third-order valence-corrected chi connectivity index (χ3v) is 3.67. The number of hydrogen-bond acceptors (Lipinski definition) is 3. The van der Waals surface area contributed by atoms with Gasteiger partial charge in [0.05, 0.1) is 18.1 Å². The molecule has 104 valence electrons. The normalized spacial score (nSPS) is 22.2. The summed E-state index contributed by atoms with van der Waals surface area (Å²) in [6.07, 6.45) is 5.33. The van der Waals surface area contributed by atoms with Crippen molar-refractivity contribution in [3.63, 3.8) is 0 Å². The second-order valence-corrected chi connectivity index (χ2v) is 5.68. The first-order valence-corrected chi connectivity index (χ1v) is 6.52. The molecule has 1 aromatic heterocycles. The van der Waals surface area contributed by atoms with Crippen LogP contribution in [-0.2, 0) is 6.54 Å². The average molecular weight is 273 g/mol. The van der Waals surface area contributed by atoms with Crippen molar-refractivity contribution in [2.45, 2.75) is 32.9 Å². The van der Waals surface area contributed by atoms with Crippen molar-refractivity contribution in [3.05, 3.63) is 18.2 Å². The summed E-state index contributed by atoms with van der Waals surface area (Å²) in [7, 11) is 2.19. The van der Waals surface area contributed by atoms with Crippen molar-refractivity contribution in [1.29, 1.82) is 0 Å². The van der Waals surface area contributed by atoms with E-state index in [-0.39, 0.29) is 18.4 Å². The summed E-state index contributed by atoms with van der Waals surface area (Å²) in [5.74, 6) is 1.20. The lowest BCUT2D eigenvalue weighted by Gasteiger charge is -2.13. The molecule has 2 atom stereocenters. The molecule has 1 aromatic rings. The van der Waals surface area contributed by atoms with Crippen LogP contribution in [0.2, 0.25) is 0 Å². The van der Waals surface area contributed by atoms with Gasteiger partial charge in [-0.05, 0) is 31.8 Å². The predicted octanol–water partition coefficient (Wildman–Crippen LogP) is 1.91. The van der Waals surface area contributed by atoms with E-state index < -0.39 is 0 Å². The van der Waals surface area contributed by atoms with Gasteiger partial charge < -0.3 is 15.2 Å². The number of rotatable bonds is 4. The standard InChI is InChI=1S/C13H24N4.ClH/c1-10(2)13(14)12-8-17(9-15-12)7-11-4-5-16(3)6-11;/h8-11,13H,4-7,14H2,1-3H3;1H/t11-,13+;/m1./s1. The van der Waals surface area contributed by atoms with E-state index in [0.29, 0.717) is 5.92 Å². The highest BCUT2D eigenvalue weighted by molar-refractivity contribution is 5.85. The molecule has 1 fully saturated rings. The fraction of sp³-hybridized carbons (Fsp3) is 0.769. The summed E-state index contributed by atoms with van der Waals surface area (Å²) in [6.45, 7) is 7.76. The Morgan fingerprint density at radius 1 is 1.50 bits per heavy atom. The fourth-order valence-corrected chi connectivity index (χ4v) is 2.46. The molecule has 0 saturated carbocycles. The van der Waals surface area contributed by atoms with Gasteiger partial charge >= 0.3 is 0 Å². The Bertz CT molecular complexity index is 364. The molecule has 4 nitrogen and oxygen atoms in total. The molecule has 2 rings (SSSR count). The number of halogens is 1. The Hall–Kier alpha value is -0.580. The maximum Gasteiger partial charge on any atom is 0.0950 e. The zero-order valence-electron chi connectivity index (χ0n) is 11.5. The van der Waals surface area contributed by atoms with E-state index in [0.717, 1.165) is 18.2 Å². The first-order chi connectivity index (χ1) is 8.06. The van der Waals surface area contributed by atoms with Crippen molar-refractivity contribution >= 4 is 12.4 Å². The third kappa shape index (κ3) is 3.70. The zero-order valence-corrected chi connectivity index (χ0v) is 12.4. The Morgan fingerprint density at radius 2 is 2.22 bits per heavy atom. The molecule has 2 heterocycles. The lowest BCUT2D eigenvalue weighted by Crippen LogP contribution is -2.17. The zero-order chi connectivity index (χ0) is 12.4. The van der Waals surface area contributed by atoms with Crippen LogP contribution < -0.4 is 5.73 Å². The molecule has 0 radical (unpaired) electrons. The molecule has 2 N–H and O–H groups in total. The van der Waals surface area contributed by atoms with Crippen molar-refractivity contribution in [2.24, 2.45) is 17.6 Å². The summed E-state index contributed by atoms with van der Waals surface area (Å²) < 4.78 is 2.20. The third-order valence-electron chi connectivity index (χ3n) is 3.67. The van der Waals surface area contributed by atoms with Gasteiger partial charge in [-0.25, -0.2) is 4.98 Å². The minimum atomic E-state index is 0. The molecule has 0 unspecified atom stereocenters. The van der Waals surface area contributed by atoms with Crippen LogP contribution in [0.5, 0.6) is 0 Å². The van der Waals surface area contributed by atoms with Gasteiger partial charge in [0.1, 0.15) is 0 Å². The SMILES string of the molecule is CC(C)[C@H](N)c1cn(C[C@@H]2CCN(C)C2)cn1.Cl. The number of hydrogen-bond donors (Lipinski definition) is 1. The molecule has 1 aliphatic rings. The number of nitrogens with zero attached hydrogens (tertiary/aromatic N) is 3. The van der Waals surface area contributed by atoms with Crippen LogP contribution in [0.1, 0.15) is 32.0 Å². The Balaban J connectivity index is 0.00000162. The highest BCUT2D eigenvalue weighted by Gasteiger charge is 2.20. The van der Waals surface area contributed by atoms with E-state index >= 15 is 0 Å². The van der Waals surface area contributed by atoms with E-state index in [1.807, 2.05) is 6.33 Å². The lowest BCUT2D eigenvalue weighted by molar-refractivity contribution is 0.378. The van der Waals surface area contributed by atoms with E-state index in [1.165, 1.54) is 19.5 Å². The van der Waals surface area contributed by atoms with E-state index in [9.17, 15) is 0 Å². The first-order valence-electron chi connectivity index (χ1n) is 6.52. The smallest absolute Gasteiger partial charge is 0.0950 e. The van der Waals surface area contributed by atoms with Gasteiger partial charge in [-0.15, -0.1) is 12.4 Å². The van der Waals surface area contributed by atoms with E-state index in [1.54, 1.807) is 0 Å². The average Bonchev–Trinajstić information content (AvgIpc) is 2.87. The Kier molecular flexibility index (Phi) is 5.63. The predicted molar refractivity (Wildman–Crippen MR) is 76.8 cm³/mol. The summed E-state index contributed by atoms with van der Waals surface area (Å²) in [6, 6.07) is 0.0579. The van der Waals surface area contributed by atoms with Gasteiger partial charge in [0.15, 0.2) is 0 Å². The molecule has 0 aromatic carbocycles. The minimum absolute atomic E-state index is 0. The van der Waals surface area contributed by atoms with Crippen LogP contribution in [0.4, 0.5) is 0 Å². The summed E-state index contributed by atoms with van der Waals surface area (Å²) in [5.41, 5.74) is 7.12. The summed E-state index contributed by atoms with van der Waals surface area (Å²) in [5, 5.41) is 0. The maximum atomic E-state index is 6.10. The lowest BCUT2D eigenvalue weighted by atomic mass is 10.0. The maximum absolute atomic E-state index is 6.10. The fourth-order valence-electron chi connectivity index (χ4n) is 2.46. The Morgan fingerprint density at radius 3 is 2.78 bits per heavy atom. The van der Waals surface area contributed by atoms with Gasteiger partial charge in [-0.3, -0.25) is 0 Å². The number of likely N-dealkylation sites (tertiary alicyclic amines) is 1. The molecule has 5 heteroatoms. The van der Waals surface area contributed by atoms with Gasteiger partial charge in [0.2, 0.25) is 0 Å². The highest BCUT2D eigenvalue weighted by atomic mass is 35.5. The number of aromatic nitrogens is 2. The molecule has 0 bridgehead atoms. The highest BCUT2D eigenvalue weighted by Crippen LogP contribution is 2.19. The largest absolute Gasteiger partial charge is 0.337 e. The second kappa shape index (κ2) is 6.55. The van der Waals surface area contributed by atoms with Gasteiger partial charge in [-0.1, -0.05) is 13.8 Å². The summed E-state index contributed by atoms with van der Waals surface area (Å²) in [4.78, 5) is 6.81. The van der Waals surface area contributed by atoms with E-state index in [4.69, 9.17) is 5.73 Å². The molecule has 0 aliphatic carbocycles. The van der Waals surface area contributed by atoms with Crippen molar-refractivity contribution in [3.8, 4) is 0 Å². The van der Waals surface area contributed by atoms with Crippen molar-refractivity contribution < 1.29 is 0 Å². The number of imidazole rings is 1. The number of nitrogens with two attached hydrogens (primary N) is 1. The molecule has 0 spiro atoms.